The molecule has 0 unspecified atom stereocenters. The van der Waals surface area contributed by atoms with E-state index in [0.29, 0.717) is 11.9 Å². The van der Waals surface area contributed by atoms with Gasteiger partial charge in [-0.2, -0.15) is 0 Å². The summed E-state index contributed by atoms with van der Waals surface area (Å²) in [7, 11) is 1.67. The molecule has 0 atom stereocenters. The van der Waals surface area contributed by atoms with E-state index in [9.17, 15) is 0 Å². The molecule has 2 aromatic carbocycles. The molecule has 0 aromatic heterocycles. The molecular formula is C16H16BrClO2. The first-order chi connectivity index (χ1) is 9.74. The van der Waals surface area contributed by atoms with E-state index < -0.39 is 0 Å². The first-order valence-electron chi connectivity index (χ1n) is 6.33. The summed E-state index contributed by atoms with van der Waals surface area (Å²) in [5, 5.41) is 1.41. The van der Waals surface area contributed by atoms with Crippen molar-refractivity contribution in [3.8, 4) is 11.5 Å². The van der Waals surface area contributed by atoms with E-state index >= 15 is 0 Å². The highest BCUT2D eigenvalue weighted by Crippen LogP contribution is 2.28. The fourth-order valence-corrected chi connectivity index (χ4v) is 2.85. The Hall–Kier alpha value is -1.19. The van der Waals surface area contributed by atoms with Gasteiger partial charge in [0, 0.05) is 22.3 Å². The highest BCUT2D eigenvalue weighted by molar-refractivity contribution is 9.08. The summed E-state index contributed by atoms with van der Waals surface area (Å²) in [6, 6.07) is 13.7. The molecule has 0 N–H and O–H groups in total. The van der Waals surface area contributed by atoms with Gasteiger partial charge in [0.2, 0.25) is 0 Å². The summed E-state index contributed by atoms with van der Waals surface area (Å²) in [6.07, 6.45) is 0.845. The van der Waals surface area contributed by atoms with Crippen molar-refractivity contribution in [3.63, 3.8) is 0 Å². The number of halogens is 2. The van der Waals surface area contributed by atoms with Crippen LogP contribution in [0.2, 0.25) is 5.02 Å². The van der Waals surface area contributed by atoms with Crippen LogP contribution in [0, 0.1) is 0 Å². The first kappa shape index (κ1) is 15.2. The Morgan fingerprint density at radius 1 is 1.10 bits per heavy atom. The number of hydrogen-bond donors (Lipinski definition) is 0. The van der Waals surface area contributed by atoms with Gasteiger partial charge in [-0.05, 0) is 29.8 Å². The van der Waals surface area contributed by atoms with Gasteiger partial charge in [0.05, 0.1) is 13.7 Å². The van der Waals surface area contributed by atoms with Gasteiger partial charge in [-0.3, -0.25) is 0 Å². The maximum absolute atomic E-state index is 6.13. The van der Waals surface area contributed by atoms with Crippen molar-refractivity contribution in [1.82, 2.24) is 0 Å². The van der Waals surface area contributed by atoms with Gasteiger partial charge in [-0.25, -0.2) is 0 Å². The minimum absolute atomic E-state index is 0.618. The largest absolute Gasteiger partial charge is 0.497 e. The molecule has 0 saturated carbocycles. The van der Waals surface area contributed by atoms with Crippen LogP contribution >= 0.6 is 27.5 Å². The third kappa shape index (κ3) is 3.90. The van der Waals surface area contributed by atoms with Gasteiger partial charge in [-0.15, -0.1) is 0 Å². The van der Waals surface area contributed by atoms with Crippen molar-refractivity contribution in [3.05, 3.63) is 58.6 Å². The zero-order valence-corrected chi connectivity index (χ0v) is 13.6. The minimum Gasteiger partial charge on any atom is -0.497 e. The molecule has 2 rings (SSSR count). The number of hydrogen-bond acceptors (Lipinski definition) is 2. The minimum atomic E-state index is 0.618. The third-order valence-electron chi connectivity index (χ3n) is 3.02. The lowest BCUT2D eigenvalue weighted by atomic mass is 10.1. The van der Waals surface area contributed by atoms with E-state index in [2.05, 4.69) is 15.9 Å². The van der Waals surface area contributed by atoms with Crippen molar-refractivity contribution in [2.24, 2.45) is 0 Å². The average molecular weight is 356 g/mol. The van der Waals surface area contributed by atoms with E-state index in [4.69, 9.17) is 21.1 Å². The fourth-order valence-electron chi connectivity index (χ4n) is 1.87. The van der Waals surface area contributed by atoms with Crippen molar-refractivity contribution in [2.45, 2.75) is 11.8 Å². The standard InChI is InChI=1S/C16H16BrClO2/c1-19-13-7-5-12(6-8-13)9-10-20-16-4-2-3-15(18)14(16)11-17/h2-8H,9-11H2,1H3. The van der Waals surface area contributed by atoms with Crippen LogP contribution in [-0.2, 0) is 11.8 Å². The molecule has 106 valence electrons. The predicted molar refractivity (Wildman–Crippen MR) is 86.3 cm³/mol. The van der Waals surface area contributed by atoms with Crippen molar-refractivity contribution in [2.75, 3.05) is 13.7 Å². The molecule has 0 fully saturated rings. The lowest BCUT2D eigenvalue weighted by molar-refractivity contribution is 0.319. The zero-order chi connectivity index (χ0) is 14.4. The van der Waals surface area contributed by atoms with E-state index in [1.165, 1.54) is 5.56 Å². The molecule has 4 heteroatoms. The Morgan fingerprint density at radius 2 is 1.85 bits per heavy atom. The van der Waals surface area contributed by atoms with Crippen molar-refractivity contribution >= 4 is 27.5 Å². The number of rotatable bonds is 6. The average Bonchev–Trinajstić information content (AvgIpc) is 2.48. The van der Waals surface area contributed by atoms with Crippen LogP contribution in [0.15, 0.2) is 42.5 Å². The first-order valence-corrected chi connectivity index (χ1v) is 7.83. The maximum atomic E-state index is 6.13. The van der Waals surface area contributed by atoms with Gasteiger partial charge < -0.3 is 9.47 Å². The van der Waals surface area contributed by atoms with E-state index in [0.717, 1.165) is 28.5 Å². The van der Waals surface area contributed by atoms with Gasteiger partial charge in [0.15, 0.2) is 0 Å². The summed E-state index contributed by atoms with van der Waals surface area (Å²) in [4.78, 5) is 0. The lowest BCUT2D eigenvalue weighted by Crippen LogP contribution is -2.03. The second-order valence-electron chi connectivity index (χ2n) is 4.30. The summed E-state index contributed by atoms with van der Waals surface area (Å²) < 4.78 is 11.0. The van der Waals surface area contributed by atoms with E-state index in [-0.39, 0.29) is 0 Å². The lowest BCUT2D eigenvalue weighted by Gasteiger charge is -2.11. The number of methoxy groups -OCH3 is 1. The summed E-state index contributed by atoms with van der Waals surface area (Å²) in [6.45, 7) is 0.618. The Labute approximate surface area is 132 Å². The van der Waals surface area contributed by atoms with Gasteiger partial charge in [-0.1, -0.05) is 45.7 Å². The van der Waals surface area contributed by atoms with Crippen LogP contribution in [0.5, 0.6) is 11.5 Å². The van der Waals surface area contributed by atoms with Gasteiger partial charge in [0.25, 0.3) is 0 Å². The van der Waals surface area contributed by atoms with E-state index in [1.54, 1.807) is 7.11 Å². The fraction of sp³-hybridized carbons (Fsp3) is 0.250. The Kier molecular flexibility index (Phi) is 5.74. The molecule has 0 amide bonds. The molecule has 0 radical (unpaired) electrons. The molecule has 0 heterocycles. The van der Waals surface area contributed by atoms with Crippen LogP contribution in [0.3, 0.4) is 0 Å². The molecule has 2 aromatic rings. The number of alkyl halides is 1. The Morgan fingerprint density at radius 3 is 2.50 bits per heavy atom. The quantitative estimate of drug-likeness (QED) is 0.689. The normalized spacial score (nSPS) is 10.3. The topological polar surface area (TPSA) is 18.5 Å². The molecule has 0 aliphatic heterocycles. The Bertz CT molecular complexity index is 555. The number of ether oxygens (including phenoxy) is 2. The summed E-state index contributed by atoms with van der Waals surface area (Å²) >= 11 is 9.57. The predicted octanol–water partition coefficient (Wildman–Crippen LogP) is 4.87. The number of benzene rings is 2. The van der Waals surface area contributed by atoms with Crippen LogP contribution in [0.4, 0.5) is 0 Å². The molecule has 2 nitrogen and oxygen atoms in total. The molecular weight excluding hydrogens is 340 g/mol. The second-order valence-corrected chi connectivity index (χ2v) is 5.26. The van der Waals surface area contributed by atoms with Crippen LogP contribution in [-0.4, -0.2) is 13.7 Å². The van der Waals surface area contributed by atoms with Crippen LogP contribution in [0.25, 0.3) is 0 Å². The van der Waals surface area contributed by atoms with Crippen molar-refractivity contribution in [1.29, 1.82) is 0 Å². The zero-order valence-electron chi connectivity index (χ0n) is 11.2. The van der Waals surface area contributed by atoms with Crippen molar-refractivity contribution < 1.29 is 9.47 Å². The molecule has 0 aliphatic rings. The second kappa shape index (κ2) is 7.55. The smallest absolute Gasteiger partial charge is 0.124 e. The molecule has 0 bridgehead atoms. The molecule has 0 spiro atoms. The molecule has 20 heavy (non-hydrogen) atoms. The van der Waals surface area contributed by atoms with Crippen LogP contribution < -0.4 is 9.47 Å². The molecule has 0 saturated heterocycles. The third-order valence-corrected chi connectivity index (χ3v) is 3.93. The molecule has 0 aliphatic carbocycles. The van der Waals surface area contributed by atoms with Crippen LogP contribution in [0.1, 0.15) is 11.1 Å². The Balaban J connectivity index is 1.94. The highest BCUT2D eigenvalue weighted by atomic mass is 79.9. The highest BCUT2D eigenvalue weighted by Gasteiger charge is 2.06. The van der Waals surface area contributed by atoms with E-state index in [1.807, 2.05) is 42.5 Å². The van der Waals surface area contributed by atoms with Gasteiger partial charge in [0.1, 0.15) is 11.5 Å². The monoisotopic (exact) mass is 354 g/mol. The maximum Gasteiger partial charge on any atom is 0.124 e. The SMILES string of the molecule is COc1ccc(CCOc2cccc(Cl)c2CBr)cc1. The summed E-state index contributed by atoms with van der Waals surface area (Å²) in [5.74, 6) is 1.70. The summed E-state index contributed by atoms with van der Waals surface area (Å²) in [5.41, 5.74) is 2.21. The van der Waals surface area contributed by atoms with Gasteiger partial charge >= 0.3 is 0 Å².